The van der Waals surface area contributed by atoms with Gasteiger partial charge in [-0.25, -0.2) is 4.79 Å². The fraction of sp³-hybridized carbons (Fsp3) is 0.326. The minimum Gasteiger partial charge on any atom is -0.342 e. The molecule has 0 aliphatic carbocycles. The second kappa shape index (κ2) is 18.8. The largest absolute Gasteiger partial charge is 0.445 e. The van der Waals surface area contributed by atoms with Crippen LogP contribution in [-0.4, -0.2) is 92.2 Å². The van der Waals surface area contributed by atoms with Crippen molar-refractivity contribution >= 4 is 50.8 Å². The number of amides is 4. The SMILES string of the molecule is CN(C(=O)c1cccc(CN2C(=O)N(Cc3cccc(C(=O)N(C)c4nnc(C(F)(F)F)s4)c3)[C@H](Cc3ccccc3)[C@@H]3OC(C)(C)O[C@H]3[C@H]2Cc2ccccc2)c1)c1nnc(C(F)(F)F)s1. The molecule has 6 aromatic rings. The van der Waals surface area contributed by atoms with E-state index in [0.29, 0.717) is 24.0 Å². The molecule has 4 heterocycles. The van der Waals surface area contributed by atoms with Crippen molar-refractivity contribution in [3.63, 3.8) is 0 Å². The van der Waals surface area contributed by atoms with Crippen molar-refractivity contribution in [3.8, 4) is 0 Å². The molecule has 350 valence electrons. The molecule has 0 spiro atoms. The van der Waals surface area contributed by atoms with Gasteiger partial charge in [0.05, 0.1) is 12.1 Å². The molecule has 2 aliphatic rings. The van der Waals surface area contributed by atoms with E-state index in [1.165, 1.54) is 26.2 Å². The summed E-state index contributed by atoms with van der Waals surface area (Å²) in [5, 5.41) is 10.7. The molecule has 21 heteroatoms. The highest BCUT2D eigenvalue weighted by molar-refractivity contribution is 7.15. The van der Waals surface area contributed by atoms with Crippen LogP contribution in [0.2, 0.25) is 0 Å². The van der Waals surface area contributed by atoms with E-state index >= 15 is 4.79 Å². The number of alkyl halides is 6. The van der Waals surface area contributed by atoms with Gasteiger partial charge in [0, 0.05) is 38.3 Å². The van der Waals surface area contributed by atoms with Crippen molar-refractivity contribution in [2.24, 2.45) is 0 Å². The van der Waals surface area contributed by atoms with Crippen LogP contribution in [0.3, 0.4) is 0 Å². The number of fused-ring (bicyclic) bond motifs is 1. The lowest BCUT2D eigenvalue weighted by Crippen LogP contribution is -2.51. The predicted molar refractivity (Wildman–Crippen MR) is 236 cm³/mol. The van der Waals surface area contributed by atoms with E-state index in [-0.39, 0.29) is 57.2 Å². The van der Waals surface area contributed by atoms with Crippen molar-refractivity contribution in [3.05, 3.63) is 153 Å². The number of rotatable bonds is 12. The van der Waals surface area contributed by atoms with Gasteiger partial charge < -0.3 is 19.3 Å². The number of aromatic nitrogens is 4. The number of nitrogens with zero attached hydrogens (tertiary/aromatic N) is 8. The molecule has 0 radical (unpaired) electrons. The van der Waals surface area contributed by atoms with E-state index in [9.17, 15) is 35.9 Å². The van der Waals surface area contributed by atoms with Crippen molar-refractivity contribution in [2.75, 3.05) is 23.9 Å². The number of hydrogen-bond donors (Lipinski definition) is 0. The molecule has 4 aromatic carbocycles. The lowest BCUT2D eigenvalue weighted by molar-refractivity contribution is -0.157. The number of benzene rings is 4. The number of carbonyl (C=O) groups excluding carboxylic acids is 3. The smallest absolute Gasteiger partial charge is 0.342 e. The molecule has 0 N–H and O–H groups in total. The molecule has 2 fully saturated rings. The van der Waals surface area contributed by atoms with Crippen molar-refractivity contribution < 1.29 is 50.2 Å². The van der Waals surface area contributed by atoms with Gasteiger partial charge in [0.2, 0.25) is 20.3 Å². The van der Waals surface area contributed by atoms with Gasteiger partial charge >= 0.3 is 18.4 Å². The molecule has 2 saturated heterocycles. The first-order valence-electron chi connectivity index (χ1n) is 20.8. The Morgan fingerprint density at radius 1 is 0.597 bits per heavy atom. The number of ether oxygens (including phenoxy) is 2. The molecule has 2 aromatic heterocycles. The maximum absolute atomic E-state index is 15.7. The highest BCUT2D eigenvalue weighted by Crippen LogP contribution is 2.41. The summed E-state index contributed by atoms with van der Waals surface area (Å²) in [4.78, 5) is 48.6. The zero-order chi connectivity index (χ0) is 47.8. The van der Waals surface area contributed by atoms with Gasteiger partial charge in [-0.15, -0.1) is 20.4 Å². The Hall–Kier alpha value is -6.29. The average Bonchev–Trinajstić information content (AvgIpc) is 4.07. The molecule has 4 atom stereocenters. The Morgan fingerprint density at radius 3 is 1.33 bits per heavy atom. The molecule has 4 amide bonds. The third kappa shape index (κ3) is 10.5. The van der Waals surface area contributed by atoms with E-state index in [1.54, 1.807) is 60.0 Å². The lowest BCUT2D eigenvalue weighted by Gasteiger charge is -2.37. The van der Waals surface area contributed by atoms with Gasteiger partial charge in [-0.3, -0.25) is 19.4 Å². The molecule has 67 heavy (non-hydrogen) atoms. The zero-order valence-electron chi connectivity index (χ0n) is 36.2. The number of anilines is 2. The average molecular weight is 965 g/mol. The van der Waals surface area contributed by atoms with Crippen LogP contribution in [0.1, 0.15) is 66.8 Å². The molecule has 0 bridgehead atoms. The van der Waals surface area contributed by atoms with Crippen LogP contribution in [0.15, 0.2) is 109 Å². The highest BCUT2D eigenvalue weighted by Gasteiger charge is 2.55. The second-order valence-corrected chi connectivity index (χ2v) is 18.4. The summed E-state index contributed by atoms with van der Waals surface area (Å²) in [7, 11) is 2.60. The van der Waals surface area contributed by atoms with Gasteiger partial charge in [-0.1, -0.05) is 108 Å². The van der Waals surface area contributed by atoms with Crippen LogP contribution in [0, 0.1) is 0 Å². The first-order valence-corrected chi connectivity index (χ1v) is 22.4. The van der Waals surface area contributed by atoms with E-state index in [4.69, 9.17) is 9.47 Å². The van der Waals surface area contributed by atoms with Crippen LogP contribution in [-0.2, 0) is 47.8 Å². The van der Waals surface area contributed by atoms with Crippen LogP contribution in [0.4, 0.5) is 41.4 Å². The van der Waals surface area contributed by atoms with E-state index in [2.05, 4.69) is 20.4 Å². The molecule has 0 saturated carbocycles. The third-order valence-electron chi connectivity index (χ3n) is 11.3. The predicted octanol–water partition coefficient (Wildman–Crippen LogP) is 9.16. The van der Waals surface area contributed by atoms with Crippen molar-refractivity contribution in [2.45, 2.75) is 82.2 Å². The van der Waals surface area contributed by atoms with Crippen LogP contribution < -0.4 is 9.80 Å². The Balaban J connectivity index is 1.18. The van der Waals surface area contributed by atoms with Crippen molar-refractivity contribution in [1.82, 2.24) is 30.2 Å². The summed E-state index contributed by atoms with van der Waals surface area (Å²) < 4.78 is 93.8. The molecular weight excluding hydrogens is 923 g/mol. The fourth-order valence-electron chi connectivity index (χ4n) is 8.24. The van der Waals surface area contributed by atoms with Gasteiger partial charge in [-0.05, 0) is 73.2 Å². The van der Waals surface area contributed by atoms with Crippen molar-refractivity contribution in [1.29, 1.82) is 0 Å². The second-order valence-electron chi connectivity index (χ2n) is 16.5. The minimum absolute atomic E-state index is 0.0507. The standard InChI is InChI=1S/C46H42F6N8O5S2/c1-44(2)64-35-33(23-27-13-7-5-8-14-27)59(25-29-17-11-19-31(21-29)37(61)57(3)41-55-53-39(66-41)45(47,48)49)43(63)60(34(36(35)65-44)24-28-15-9-6-10-16-28)26-30-18-12-20-32(22-30)38(62)58(4)42-56-54-40(67-42)46(50,51)52/h5-22,33-36H,23-26H2,1-4H3/t33-,34-,35+,36+/m1/s1. The molecular formula is C46H42F6N8O5S2. The minimum atomic E-state index is -4.74. The van der Waals surface area contributed by atoms with Crippen LogP contribution in [0.5, 0.6) is 0 Å². The van der Waals surface area contributed by atoms with E-state index in [0.717, 1.165) is 20.9 Å². The van der Waals surface area contributed by atoms with Gasteiger partial charge in [0.25, 0.3) is 11.8 Å². The summed E-state index contributed by atoms with van der Waals surface area (Å²) in [6, 6.07) is 30.3. The Kier molecular flexibility index (Phi) is 13.2. The first kappa shape index (κ1) is 47.2. The Morgan fingerprint density at radius 2 is 0.970 bits per heavy atom. The maximum atomic E-state index is 15.7. The van der Waals surface area contributed by atoms with E-state index in [1.807, 2.05) is 60.7 Å². The normalized spacial score (nSPS) is 19.5. The summed E-state index contributed by atoms with van der Waals surface area (Å²) >= 11 is 0.464. The topological polar surface area (TPSA) is 134 Å². The van der Waals surface area contributed by atoms with Crippen LogP contribution in [0.25, 0.3) is 0 Å². The molecule has 0 unspecified atom stereocenters. The van der Waals surface area contributed by atoms with Gasteiger partial charge in [-0.2, -0.15) is 26.3 Å². The number of carbonyl (C=O) groups is 3. The fourth-order valence-corrected chi connectivity index (χ4v) is 9.58. The summed E-state index contributed by atoms with van der Waals surface area (Å²) in [6.45, 7) is 3.51. The van der Waals surface area contributed by atoms with E-state index < -0.39 is 70.3 Å². The summed E-state index contributed by atoms with van der Waals surface area (Å²) in [6.07, 6.45) is -10.2. The number of hydrogen-bond acceptors (Lipinski definition) is 11. The maximum Gasteiger partial charge on any atom is 0.445 e. The monoisotopic (exact) mass is 964 g/mol. The first-order chi connectivity index (χ1) is 31.8. The van der Waals surface area contributed by atoms with Crippen LogP contribution >= 0.6 is 22.7 Å². The summed E-state index contributed by atoms with van der Waals surface area (Å²) in [5.74, 6) is -2.40. The third-order valence-corrected chi connectivity index (χ3v) is 13.4. The molecule has 2 aliphatic heterocycles. The molecule has 13 nitrogen and oxygen atoms in total. The van der Waals surface area contributed by atoms with Gasteiger partial charge in [0.1, 0.15) is 12.2 Å². The molecule has 8 rings (SSSR count). The lowest BCUT2D eigenvalue weighted by atomic mass is 9.90. The Bertz CT molecular complexity index is 2560. The zero-order valence-corrected chi connectivity index (χ0v) is 37.9. The highest BCUT2D eigenvalue weighted by atomic mass is 32.1. The Labute approximate surface area is 388 Å². The number of urea groups is 1. The number of halogens is 6. The quantitative estimate of drug-likeness (QED) is 0.110. The summed E-state index contributed by atoms with van der Waals surface area (Å²) in [5.41, 5.74) is 3.10. The van der Waals surface area contributed by atoms with Gasteiger partial charge in [0.15, 0.2) is 5.79 Å².